The van der Waals surface area contributed by atoms with Crippen LogP contribution >= 0.6 is 0 Å². The summed E-state index contributed by atoms with van der Waals surface area (Å²) in [6, 6.07) is 0. The third-order valence-corrected chi connectivity index (χ3v) is 4.38. The van der Waals surface area contributed by atoms with Crippen LogP contribution in [0.5, 0.6) is 0 Å². The second-order valence-corrected chi connectivity index (χ2v) is 7.72. The molecule has 0 radical (unpaired) electrons. The van der Waals surface area contributed by atoms with Crippen molar-refractivity contribution in [2.45, 2.75) is 44.9 Å². The van der Waals surface area contributed by atoms with Crippen molar-refractivity contribution in [2.24, 2.45) is 7.05 Å². The molecule has 142 valence electrons. The Kier molecular flexibility index (Phi) is 4.72. The van der Waals surface area contributed by atoms with Crippen LogP contribution in [0, 0.1) is 0 Å². The number of amides is 1. The molecule has 26 heavy (non-hydrogen) atoms. The van der Waals surface area contributed by atoms with E-state index in [0.29, 0.717) is 30.1 Å². The summed E-state index contributed by atoms with van der Waals surface area (Å²) < 4.78 is 22.3. The van der Waals surface area contributed by atoms with Crippen LogP contribution in [0.3, 0.4) is 0 Å². The molecule has 1 aliphatic rings. The Labute approximate surface area is 151 Å². The van der Waals surface area contributed by atoms with Crippen molar-refractivity contribution in [3.8, 4) is 0 Å². The fraction of sp³-hybridized carbons (Fsp3) is 0.647. The van der Waals surface area contributed by atoms with Crippen molar-refractivity contribution in [3.63, 3.8) is 0 Å². The summed E-state index contributed by atoms with van der Waals surface area (Å²) in [6.07, 6.45) is 3.18. The molecule has 2 aromatic heterocycles. The molecule has 3 rings (SSSR count). The van der Waals surface area contributed by atoms with Gasteiger partial charge in [-0.05, 0) is 20.8 Å². The fourth-order valence-electron chi connectivity index (χ4n) is 2.91. The van der Waals surface area contributed by atoms with Crippen LogP contribution in [0.15, 0.2) is 12.7 Å². The third-order valence-electron chi connectivity index (χ3n) is 4.38. The van der Waals surface area contributed by atoms with E-state index < -0.39 is 17.4 Å². The minimum atomic E-state index is -1.41. The Morgan fingerprint density at radius 3 is 2.65 bits per heavy atom. The van der Waals surface area contributed by atoms with E-state index in [-0.39, 0.29) is 19.4 Å². The summed E-state index contributed by atoms with van der Waals surface area (Å²) in [5.74, 6) is 0.516. The second kappa shape index (κ2) is 6.69. The van der Waals surface area contributed by atoms with Crippen molar-refractivity contribution >= 4 is 23.1 Å². The number of nitrogens with zero attached hydrogens (tertiary/aromatic N) is 5. The number of carbonyl (C=O) groups excluding carboxylic acids is 1. The molecule has 0 spiro atoms. The lowest BCUT2D eigenvalue weighted by Crippen LogP contribution is -2.48. The smallest absolute Gasteiger partial charge is 0.410 e. The summed E-state index contributed by atoms with van der Waals surface area (Å²) in [7, 11) is 1.84. The number of anilines is 1. The van der Waals surface area contributed by atoms with Gasteiger partial charge in [-0.25, -0.2) is 24.1 Å². The molecule has 1 N–H and O–H groups in total. The van der Waals surface area contributed by atoms with Gasteiger partial charge >= 0.3 is 6.09 Å². The number of piperidine rings is 1. The lowest BCUT2D eigenvalue weighted by Gasteiger charge is -2.37. The Hall–Kier alpha value is -2.45. The number of fused-ring (bicyclic) bond motifs is 1. The Bertz CT molecular complexity index is 792. The molecule has 3 heterocycles. The van der Waals surface area contributed by atoms with E-state index in [4.69, 9.17) is 4.74 Å². The molecular weight excluding hydrogens is 339 g/mol. The topological polar surface area (TPSA) is 85.2 Å². The maximum Gasteiger partial charge on any atom is 0.410 e. The fourth-order valence-corrected chi connectivity index (χ4v) is 2.91. The molecule has 2 aromatic rings. The highest BCUT2D eigenvalue weighted by atomic mass is 19.1. The van der Waals surface area contributed by atoms with Gasteiger partial charge in [0.2, 0.25) is 0 Å². The molecule has 1 fully saturated rings. The highest BCUT2D eigenvalue weighted by molar-refractivity contribution is 5.82. The standard InChI is InChI=1S/C17H25FN6O2/c1-16(2,3)26-15(25)24-7-5-17(18,6-8-24)9-19-13-12-14(21-10-20-13)23(4)11-22-12/h10-11H,5-9H2,1-4H3,(H,19,20,21). The number of imidazole rings is 1. The molecule has 1 amide bonds. The van der Waals surface area contributed by atoms with Gasteiger partial charge in [0, 0.05) is 33.0 Å². The highest BCUT2D eigenvalue weighted by Gasteiger charge is 2.37. The molecule has 1 saturated heterocycles. The summed E-state index contributed by atoms with van der Waals surface area (Å²) in [6.45, 7) is 6.22. The minimum Gasteiger partial charge on any atom is -0.444 e. The number of ether oxygens (including phenoxy) is 1. The molecule has 1 aliphatic heterocycles. The Morgan fingerprint density at radius 2 is 2.00 bits per heavy atom. The van der Waals surface area contributed by atoms with Crippen molar-refractivity contribution < 1.29 is 13.9 Å². The zero-order valence-corrected chi connectivity index (χ0v) is 15.6. The van der Waals surface area contributed by atoms with E-state index in [2.05, 4.69) is 20.3 Å². The lowest BCUT2D eigenvalue weighted by molar-refractivity contribution is 0.00575. The summed E-state index contributed by atoms with van der Waals surface area (Å²) in [5.41, 5.74) is -0.658. The number of halogens is 1. The first kappa shape index (κ1) is 18.3. The molecular formula is C17H25FN6O2. The van der Waals surface area contributed by atoms with Gasteiger partial charge in [-0.2, -0.15) is 0 Å². The van der Waals surface area contributed by atoms with Crippen molar-refractivity contribution in [3.05, 3.63) is 12.7 Å². The number of aromatic nitrogens is 4. The number of alkyl halides is 1. The molecule has 0 bridgehead atoms. The maximum atomic E-state index is 15.1. The zero-order valence-electron chi connectivity index (χ0n) is 15.6. The first-order valence-electron chi connectivity index (χ1n) is 8.70. The number of likely N-dealkylation sites (tertiary alicyclic amines) is 1. The Balaban J connectivity index is 1.58. The van der Waals surface area contributed by atoms with Crippen LogP contribution in [-0.2, 0) is 11.8 Å². The van der Waals surface area contributed by atoms with E-state index in [1.165, 1.54) is 6.33 Å². The maximum absolute atomic E-state index is 15.1. The average molecular weight is 364 g/mol. The Morgan fingerprint density at radius 1 is 1.31 bits per heavy atom. The number of nitrogens with one attached hydrogen (secondary N) is 1. The average Bonchev–Trinajstić information content (AvgIpc) is 2.94. The van der Waals surface area contributed by atoms with Gasteiger partial charge < -0.3 is 19.5 Å². The summed E-state index contributed by atoms with van der Waals surface area (Å²) in [5, 5.41) is 3.06. The van der Waals surface area contributed by atoms with E-state index in [1.807, 2.05) is 27.8 Å². The number of rotatable bonds is 3. The lowest BCUT2D eigenvalue weighted by atomic mass is 9.93. The van der Waals surface area contributed by atoms with Gasteiger partial charge in [-0.1, -0.05) is 0 Å². The number of carbonyl (C=O) groups is 1. The summed E-state index contributed by atoms with van der Waals surface area (Å²) >= 11 is 0. The third kappa shape index (κ3) is 4.03. The van der Waals surface area contributed by atoms with E-state index >= 15 is 4.39 Å². The van der Waals surface area contributed by atoms with Gasteiger partial charge in [0.1, 0.15) is 23.1 Å². The molecule has 0 aliphatic carbocycles. The van der Waals surface area contributed by atoms with Gasteiger partial charge in [0.05, 0.1) is 12.9 Å². The molecule has 9 heteroatoms. The largest absolute Gasteiger partial charge is 0.444 e. The predicted octanol–water partition coefficient (Wildman–Crippen LogP) is 2.51. The quantitative estimate of drug-likeness (QED) is 0.901. The molecule has 0 saturated carbocycles. The first-order valence-corrected chi connectivity index (χ1v) is 8.70. The summed E-state index contributed by atoms with van der Waals surface area (Å²) in [4.78, 5) is 26.2. The normalized spacial score (nSPS) is 17.3. The number of aryl methyl sites for hydroxylation is 1. The van der Waals surface area contributed by atoms with Gasteiger partial charge in [0.15, 0.2) is 11.5 Å². The van der Waals surface area contributed by atoms with Crippen LogP contribution in [0.2, 0.25) is 0 Å². The second-order valence-electron chi connectivity index (χ2n) is 7.72. The van der Waals surface area contributed by atoms with Gasteiger partial charge in [0.25, 0.3) is 0 Å². The van der Waals surface area contributed by atoms with Crippen molar-refractivity contribution in [1.29, 1.82) is 0 Å². The van der Waals surface area contributed by atoms with E-state index in [0.717, 1.165) is 0 Å². The molecule has 0 aromatic carbocycles. The minimum absolute atomic E-state index is 0.109. The first-order chi connectivity index (χ1) is 12.2. The zero-order chi connectivity index (χ0) is 18.9. The number of hydrogen-bond donors (Lipinski definition) is 1. The predicted molar refractivity (Wildman–Crippen MR) is 95.7 cm³/mol. The van der Waals surface area contributed by atoms with Crippen LogP contribution in [-0.4, -0.2) is 61.4 Å². The van der Waals surface area contributed by atoms with Crippen molar-refractivity contribution in [1.82, 2.24) is 24.4 Å². The van der Waals surface area contributed by atoms with Gasteiger partial charge in [-0.15, -0.1) is 0 Å². The van der Waals surface area contributed by atoms with E-state index in [9.17, 15) is 4.79 Å². The SMILES string of the molecule is Cn1cnc2c(NCC3(F)CCN(C(=O)OC(C)(C)C)CC3)ncnc21. The van der Waals surface area contributed by atoms with Crippen LogP contribution < -0.4 is 5.32 Å². The number of hydrogen-bond acceptors (Lipinski definition) is 6. The monoisotopic (exact) mass is 364 g/mol. The molecule has 0 atom stereocenters. The van der Waals surface area contributed by atoms with Crippen LogP contribution in [0.25, 0.3) is 11.2 Å². The highest BCUT2D eigenvalue weighted by Crippen LogP contribution is 2.28. The van der Waals surface area contributed by atoms with Crippen molar-refractivity contribution in [2.75, 3.05) is 25.0 Å². The van der Waals surface area contributed by atoms with Crippen LogP contribution in [0.4, 0.5) is 15.0 Å². The van der Waals surface area contributed by atoms with Gasteiger partial charge in [-0.3, -0.25) is 0 Å². The van der Waals surface area contributed by atoms with E-state index in [1.54, 1.807) is 15.8 Å². The van der Waals surface area contributed by atoms with Crippen LogP contribution in [0.1, 0.15) is 33.6 Å². The molecule has 8 nitrogen and oxygen atoms in total. The molecule has 0 unspecified atom stereocenters.